The van der Waals surface area contributed by atoms with E-state index in [1.54, 1.807) is 0 Å². The van der Waals surface area contributed by atoms with Crippen molar-refractivity contribution >= 4 is 0 Å². The molecule has 6 nitrogen and oxygen atoms in total. The van der Waals surface area contributed by atoms with Crippen LogP contribution in [0.15, 0.2) is 35.4 Å². The molecule has 2 rings (SSSR count). The highest BCUT2D eigenvalue weighted by atomic mass is 16.5. The molecule has 1 N–H and O–H groups in total. The first-order chi connectivity index (χ1) is 9.76. The van der Waals surface area contributed by atoms with Crippen LogP contribution >= 0.6 is 0 Å². The quantitative estimate of drug-likeness (QED) is 0.508. The molecule has 0 bridgehead atoms. The van der Waals surface area contributed by atoms with Crippen molar-refractivity contribution in [3.8, 4) is 0 Å². The van der Waals surface area contributed by atoms with E-state index in [4.69, 9.17) is 15.0 Å². The van der Waals surface area contributed by atoms with Gasteiger partial charge in [0.1, 0.15) is 0 Å². The van der Waals surface area contributed by atoms with E-state index in [2.05, 4.69) is 10.0 Å². The smallest absolute Gasteiger partial charge is 0.0873 e. The summed E-state index contributed by atoms with van der Waals surface area (Å²) in [5.41, 5.74) is 9.69. The molecule has 0 amide bonds. The summed E-state index contributed by atoms with van der Waals surface area (Å²) < 4.78 is 11.4. The maximum absolute atomic E-state index is 9.30. The fourth-order valence-electron chi connectivity index (χ4n) is 2.44. The second-order valence-electron chi connectivity index (χ2n) is 4.95. The van der Waals surface area contributed by atoms with E-state index < -0.39 is 0 Å². The molecule has 1 aliphatic rings. The van der Waals surface area contributed by atoms with Crippen molar-refractivity contribution < 1.29 is 14.6 Å². The summed E-state index contributed by atoms with van der Waals surface area (Å²) >= 11 is 0. The Kier molecular flexibility index (Phi) is 5.38. The Bertz CT molecular complexity index is 462. The number of ether oxygens (including phenoxy) is 2. The molecule has 1 aromatic rings. The normalized spacial score (nSPS) is 29.7. The Labute approximate surface area is 118 Å². The lowest BCUT2D eigenvalue weighted by molar-refractivity contribution is -0.139. The van der Waals surface area contributed by atoms with Gasteiger partial charge in [-0.2, -0.15) is 0 Å². The first-order valence-corrected chi connectivity index (χ1v) is 6.68. The Hall–Kier alpha value is -1.59. The van der Waals surface area contributed by atoms with Gasteiger partial charge in [-0.15, -0.1) is 0 Å². The molecule has 4 atom stereocenters. The van der Waals surface area contributed by atoms with Gasteiger partial charge in [0.25, 0.3) is 0 Å². The fourth-order valence-corrected chi connectivity index (χ4v) is 2.44. The lowest BCUT2D eigenvalue weighted by Gasteiger charge is -2.38. The average molecular weight is 277 g/mol. The van der Waals surface area contributed by atoms with E-state index in [1.165, 1.54) is 0 Å². The van der Waals surface area contributed by atoms with Crippen LogP contribution in [0.4, 0.5) is 0 Å². The molecule has 1 aliphatic heterocycles. The summed E-state index contributed by atoms with van der Waals surface area (Å²) in [6.07, 6.45) is -0.530. The zero-order valence-electron chi connectivity index (χ0n) is 11.4. The zero-order chi connectivity index (χ0) is 14.4. The third kappa shape index (κ3) is 3.49. The lowest BCUT2D eigenvalue weighted by Crippen LogP contribution is -2.49. The summed E-state index contributed by atoms with van der Waals surface area (Å²) in [6.45, 7) is 2.61. The van der Waals surface area contributed by atoms with Gasteiger partial charge in [0.2, 0.25) is 0 Å². The molecule has 1 aromatic carbocycles. The predicted molar refractivity (Wildman–Crippen MR) is 73.9 cm³/mol. The number of nitrogens with zero attached hydrogens (tertiary/aromatic N) is 3. The first kappa shape index (κ1) is 14.8. The number of aliphatic hydroxyl groups excluding tert-OH is 1. The van der Waals surface area contributed by atoms with Crippen LogP contribution in [0, 0.1) is 5.92 Å². The summed E-state index contributed by atoms with van der Waals surface area (Å²) in [5, 5.41) is 13.0. The van der Waals surface area contributed by atoms with Gasteiger partial charge in [-0.1, -0.05) is 42.4 Å². The molecular formula is C14H19N3O3. The maximum atomic E-state index is 9.30. The van der Waals surface area contributed by atoms with Crippen LogP contribution in [0.1, 0.15) is 12.5 Å². The van der Waals surface area contributed by atoms with E-state index in [-0.39, 0.29) is 37.4 Å². The van der Waals surface area contributed by atoms with Crippen LogP contribution in [-0.4, -0.2) is 36.6 Å². The Balaban J connectivity index is 2.04. The van der Waals surface area contributed by atoms with Crippen molar-refractivity contribution in [1.82, 2.24) is 0 Å². The molecule has 1 fully saturated rings. The number of aliphatic hydroxyl groups is 1. The molecule has 0 radical (unpaired) electrons. The minimum absolute atomic E-state index is 0.0343. The second kappa shape index (κ2) is 7.26. The van der Waals surface area contributed by atoms with E-state index in [1.807, 2.05) is 37.3 Å². The van der Waals surface area contributed by atoms with Crippen molar-refractivity contribution in [2.75, 3.05) is 13.2 Å². The third-order valence-electron chi connectivity index (χ3n) is 3.63. The zero-order valence-corrected chi connectivity index (χ0v) is 11.4. The lowest BCUT2D eigenvalue weighted by atomic mass is 9.90. The summed E-state index contributed by atoms with van der Waals surface area (Å²) in [6, 6.07) is 9.46. The number of benzene rings is 1. The van der Waals surface area contributed by atoms with Crippen molar-refractivity contribution in [2.45, 2.75) is 31.8 Å². The van der Waals surface area contributed by atoms with Crippen LogP contribution in [0.3, 0.4) is 0 Å². The van der Waals surface area contributed by atoms with Crippen LogP contribution in [0.5, 0.6) is 0 Å². The highest BCUT2D eigenvalue weighted by molar-refractivity contribution is 5.13. The standard InChI is InChI=1S/C14H19N3O3/c1-10-13(7-18)19-9-12(16-17-15)14(10)20-8-11-5-3-2-4-6-11/h2-6,10,12-14,18H,7-9H2,1H3/t10-,12?,13?,14?/m1/s1. The highest BCUT2D eigenvalue weighted by Crippen LogP contribution is 2.26. The molecular weight excluding hydrogens is 258 g/mol. The van der Waals surface area contributed by atoms with Crippen molar-refractivity contribution in [1.29, 1.82) is 0 Å². The number of azide groups is 1. The van der Waals surface area contributed by atoms with Crippen molar-refractivity contribution in [3.63, 3.8) is 0 Å². The number of rotatable bonds is 5. The molecule has 0 spiro atoms. The predicted octanol–water partition coefficient (Wildman–Crippen LogP) is 2.28. The van der Waals surface area contributed by atoms with Gasteiger partial charge in [0, 0.05) is 10.8 Å². The number of hydrogen-bond donors (Lipinski definition) is 1. The largest absolute Gasteiger partial charge is 0.394 e. The Morgan fingerprint density at radius 2 is 2.20 bits per heavy atom. The topological polar surface area (TPSA) is 87.5 Å². The molecule has 0 aromatic heterocycles. The molecule has 1 saturated heterocycles. The van der Waals surface area contributed by atoms with Crippen LogP contribution in [0.2, 0.25) is 0 Å². The SMILES string of the molecule is C[C@@H]1C(CO)OCC(N=[N+]=[N-])C1OCc1ccccc1. The van der Waals surface area contributed by atoms with E-state index in [0.29, 0.717) is 6.61 Å². The molecule has 20 heavy (non-hydrogen) atoms. The molecule has 3 unspecified atom stereocenters. The summed E-state index contributed by atoms with van der Waals surface area (Å²) in [5.74, 6) is -0.0343. The van der Waals surface area contributed by atoms with Gasteiger partial charge < -0.3 is 14.6 Å². The first-order valence-electron chi connectivity index (χ1n) is 6.68. The van der Waals surface area contributed by atoms with Gasteiger partial charge in [0.15, 0.2) is 0 Å². The molecule has 0 saturated carbocycles. The second-order valence-corrected chi connectivity index (χ2v) is 4.95. The van der Waals surface area contributed by atoms with Gasteiger partial charge in [-0.05, 0) is 11.1 Å². The Morgan fingerprint density at radius 1 is 1.45 bits per heavy atom. The summed E-state index contributed by atoms with van der Waals surface area (Å²) in [7, 11) is 0. The van der Waals surface area contributed by atoms with Crippen LogP contribution in [-0.2, 0) is 16.1 Å². The minimum Gasteiger partial charge on any atom is -0.394 e. The third-order valence-corrected chi connectivity index (χ3v) is 3.63. The van der Waals surface area contributed by atoms with Crippen LogP contribution in [0.25, 0.3) is 10.4 Å². The van der Waals surface area contributed by atoms with Gasteiger partial charge >= 0.3 is 0 Å². The van der Waals surface area contributed by atoms with Gasteiger partial charge in [-0.3, -0.25) is 0 Å². The monoisotopic (exact) mass is 277 g/mol. The van der Waals surface area contributed by atoms with E-state index in [0.717, 1.165) is 5.56 Å². The van der Waals surface area contributed by atoms with Crippen molar-refractivity contribution in [3.05, 3.63) is 46.3 Å². The van der Waals surface area contributed by atoms with Crippen molar-refractivity contribution in [2.24, 2.45) is 11.0 Å². The van der Waals surface area contributed by atoms with E-state index in [9.17, 15) is 5.11 Å². The number of hydrogen-bond acceptors (Lipinski definition) is 4. The van der Waals surface area contributed by atoms with E-state index >= 15 is 0 Å². The fraction of sp³-hybridized carbons (Fsp3) is 0.571. The highest BCUT2D eigenvalue weighted by Gasteiger charge is 2.37. The molecule has 1 heterocycles. The summed E-state index contributed by atoms with van der Waals surface area (Å²) in [4.78, 5) is 2.85. The Morgan fingerprint density at radius 3 is 2.85 bits per heavy atom. The minimum atomic E-state index is -0.360. The molecule has 0 aliphatic carbocycles. The van der Waals surface area contributed by atoms with Crippen LogP contribution < -0.4 is 0 Å². The average Bonchev–Trinajstić information content (AvgIpc) is 2.48. The maximum Gasteiger partial charge on any atom is 0.0873 e. The van der Waals surface area contributed by atoms with Gasteiger partial charge in [0.05, 0.1) is 38.1 Å². The van der Waals surface area contributed by atoms with Gasteiger partial charge in [-0.25, -0.2) is 0 Å². The molecule has 6 heteroatoms. The molecule has 108 valence electrons.